The molecule has 3 saturated carbocycles. The van der Waals surface area contributed by atoms with E-state index in [1.165, 1.54) is 31.3 Å². The number of allylic oxidation sites excluding steroid dienone is 2. The minimum atomic E-state index is 0.364. The molecule has 0 bridgehead atoms. The number of hydrogen-bond acceptors (Lipinski definition) is 1. The van der Waals surface area contributed by atoms with Crippen LogP contribution in [0, 0.1) is 40.9 Å². The van der Waals surface area contributed by atoms with Crippen LogP contribution in [0.3, 0.4) is 0 Å². The normalized spacial score (nSPS) is 50.6. The maximum atomic E-state index is 11.8. The fourth-order valence-corrected chi connectivity index (χ4v) is 6.79. The van der Waals surface area contributed by atoms with Crippen molar-refractivity contribution in [1.82, 2.24) is 0 Å². The van der Waals surface area contributed by atoms with Crippen molar-refractivity contribution in [2.75, 3.05) is 0 Å². The third kappa shape index (κ3) is 1.93. The summed E-state index contributed by atoms with van der Waals surface area (Å²) < 4.78 is 0. The molecule has 0 saturated heterocycles. The van der Waals surface area contributed by atoms with Crippen molar-refractivity contribution in [3.8, 4) is 0 Å². The first-order chi connectivity index (χ1) is 10.5. The van der Waals surface area contributed by atoms with Crippen LogP contribution in [0.15, 0.2) is 24.3 Å². The Labute approximate surface area is 135 Å². The van der Waals surface area contributed by atoms with Crippen molar-refractivity contribution in [3.63, 3.8) is 0 Å². The van der Waals surface area contributed by atoms with Gasteiger partial charge in [-0.15, -0.1) is 6.58 Å². The molecule has 0 amide bonds. The van der Waals surface area contributed by atoms with Gasteiger partial charge in [-0.25, -0.2) is 0 Å². The number of hydrogen-bond donors (Lipinski definition) is 0. The highest BCUT2D eigenvalue weighted by Crippen LogP contribution is 2.64. The first kappa shape index (κ1) is 14.7. The summed E-state index contributed by atoms with van der Waals surface area (Å²) in [5.74, 6) is 5.10. The van der Waals surface area contributed by atoms with Crippen molar-refractivity contribution < 1.29 is 4.79 Å². The minimum Gasteiger partial charge on any atom is -0.295 e. The summed E-state index contributed by atoms with van der Waals surface area (Å²) >= 11 is 0. The zero-order valence-electron chi connectivity index (χ0n) is 14.2. The van der Waals surface area contributed by atoms with Crippen LogP contribution >= 0.6 is 0 Å². The molecule has 4 aliphatic rings. The molecule has 7 atom stereocenters. The monoisotopic (exact) mass is 298 g/mol. The summed E-state index contributed by atoms with van der Waals surface area (Å²) in [7, 11) is 0. The van der Waals surface area contributed by atoms with Crippen LogP contribution in [0.5, 0.6) is 0 Å². The summed E-state index contributed by atoms with van der Waals surface area (Å²) in [6.07, 6.45) is 12.9. The molecule has 4 rings (SSSR count). The topological polar surface area (TPSA) is 17.1 Å². The van der Waals surface area contributed by atoms with Gasteiger partial charge in [-0.3, -0.25) is 4.79 Å². The van der Waals surface area contributed by atoms with E-state index in [-0.39, 0.29) is 0 Å². The molecular weight excluding hydrogens is 268 g/mol. The Hall–Kier alpha value is -0.850. The number of fused-ring (bicyclic) bond motifs is 5. The Balaban J connectivity index is 1.71. The molecule has 0 aromatic carbocycles. The second-order valence-electron chi connectivity index (χ2n) is 8.81. The Morgan fingerprint density at radius 1 is 1.27 bits per heavy atom. The summed E-state index contributed by atoms with van der Waals surface area (Å²) in [6, 6.07) is 0. The van der Waals surface area contributed by atoms with E-state index in [1.807, 2.05) is 6.08 Å². The van der Waals surface area contributed by atoms with E-state index in [2.05, 4.69) is 26.5 Å². The number of rotatable bonds is 1. The molecule has 22 heavy (non-hydrogen) atoms. The van der Waals surface area contributed by atoms with Gasteiger partial charge in [0.05, 0.1) is 0 Å². The molecule has 0 aliphatic heterocycles. The summed E-state index contributed by atoms with van der Waals surface area (Å²) in [6.45, 7) is 9.23. The van der Waals surface area contributed by atoms with E-state index < -0.39 is 0 Å². The average molecular weight is 298 g/mol. The first-order valence-corrected chi connectivity index (χ1v) is 9.40. The molecule has 0 spiro atoms. The zero-order chi connectivity index (χ0) is 15.5. The highest BCUT2D eigenvalue weighted by Gasteiger charge is 2.56. The third-order valence-corrected chi connectivity index (χ3v) is 8.17. The van der Waals surface area contributed by atoms with Crippen LogP contribution in [0.25, 0.3) is 0 Å². The predicted octanol–water partition coefficient (Wildman–Crippen LogP) is 5.18. The zero-order valence-corrected chi connectivity index (χ0v) is 14.2. The van der Waals surface area contributed by atoms with Crippen LogP contribution in [-0.2, 0) is 4.79 Å². The van der Waals surface area contributed by atoms with Crippen LogP contribution in [0.1, 0.15) is 58.8 Å². The fourth-order valence-electron chi connectivity index (χ4n) is 6.79. The lowest BCUT2D eigenvalue weighted by Gasteiger charge is -2.56. The molecular formula is C21H30O. The maximum Gasteiger partial charge on any atom is 0.155 e. The van der Waals surface area contributed by atoms with Crippen LogP contribution in [-0.4, -0.2) is 5.78 Å². The largest absolute Gasteiger partial charge is 0.295 e. The Bertz CT molecular complexity index is 530. The van der Waals surface area contributed by atoms with E-state index in [0.717, 1.165) is 42.9 Å². The van der Waals surface area contributed by atoms with Gasteiger partial charge in [0.15, 0.2) is 5.78 Å². The van der Waals surface area contributed by atoms with Gasteiger partial charge < -0.3 is 0 Å². The Morgan fingerprint density at radius 3 is 2.86 bits per heavy atom. The second kappa shape index (κ2) is 5.08. The molecule has 1 nitrogen and oxygen atoms in total. The maximum absolute atomic E-state index is 11.8. The van der Waals surface area contributed by atoms with Crippen molar-refractivity contribution >= 4 is 5.78 Å². The van der Waals surface area contributed by atoms with Crippen molar-refractivity contribution in [1.29, 1.82) is 0 Å². The highest BCUT2D eigenvalue weighted by atomic mass is 16.1. The molecule has 0 radical (unpaired) electrons. The fraction of sp³-hybridized carbons (Fsp3) is 0.762. The molecule has 1 heteroatoms. The van der Waals surface area contributed by atoms with E-state index in [4.69, 9.17) is 0 Å². The van der Waals surface area contributed by atoms with Gasteiger partial charge in [-0.05, 0) is 85.5 Å². The van der Waals surface area contributed by atoms with E-state index in [1.54, 1.807) is 0 Å². The Kier molecular flexibility index (Phi) is 3.40. The van der Waals surface area contributed by atoms with E-state index in [0.29, 0.717) is 23.0 Å². The summed E-state index contributed by atoms with van der Waals surface area (Å²) in [4.78, 5) is 11.8. The molecule has 0 heterocycles. The van der Waals surface area contributed by atoms with Gasteiger partial charge in [0.2, 0.25) is 0 Å². The SMILES string of the molecule is C=CC1CC2=CC(=O)CCC2C2CC[C@]3(C)C(C)CCC3C12. The van der Waals surface area contributed by atoms with Crippen molar-refractivity contribution in [3.05, 3.63) is 24.3 Å². The summed E-state index contributed by atoms with van der Waals surface area (Å²) in [5, 5.41) is 0. The molecule has 6 unspecified atom stereocenters. The Morgan fingerprint density at radius 2 is 2.09 bits per heavy atom. The number of carbonyl (C=O) groups excluding carboxylic acids is 1. The molecule has 0 aromatic heterocycles. The van der Waals surface area contributed by atoms with Gasteiger partial charge in [0.25, 0.3) is 0 Å². The quantitative estimate of drug-likeness (QED) is 0.610. The van der Waals surface area contributed by atoms with Crippen molar-refractivity contribution in [2.24, 2.45) is 40.9 Å². The lowest BCUT2D eigenvalue weighted by atomic mass is 9.49. The lowest BCUT2D eigenvalue weighted by molar-refractivity contribution is -0.116. The van der Waals surface area contributed by atoms with Gasteiger partial charge in [-0.2, -0.15) is 0 Å². The number of ketones is 1. The molecule has 3 fully saturated rings. The van der Waals surface area contributed by atoms with Gasteiger partial charge in [0.1, 0.15) is 0 Å². The third-order valence-electron chi connectivity index (χ3n) is 8.17. The molecule has 0 aromatic rings. The highest BCUT2D eigenvalue weighted by molar-refractivity contribution is 5.91. The first-order valence-electron chi connectivity index (χ1n) is 9.40. The standard InChI is InChI=1S/C21H30O/c1-4-14-11-15-12-16(22)6-7-17(15)18-9-10-21(3)13(2)5-8-19(21)20(14)18/h4,12-14,17-20H,1,5-11H2,2-3H3/t13?,14?,17?,18?,19?,20?,21-/m1/s1. The van der Waals surface area contributed by atoms with E-state index in [9.17, 15) is 4.79 Å². The molecule has 120 valence electrons. The van der Waals surface area contributed by atoms with Gasteiger partial charge in [-0.1, -0.05) is 25.5 Å². The molecule has 4 aliphatic carbocycles. The van der Waals surface area contributed by atoms with Crippen LogP contribution in [0.2, 0.25) is 0 Å². The lowest BCUT2D eigenvalue weighted by Crippen LogP contribution is -2.49. The number of carbonyl (C=O) groups is 1. The minimum absolute atomic E-state index is 0.364. The second-order valence-corrected chi connectivity index (χ2v) is 8.81. The predicted molar refractivity (Wildman–Crippen MR) is 90.3 cm³/mol. The van der Waals surface area contributed by atoms with Gasteiger partial charge in [0, 0.05) is 6.42 Å². The van der Waals surface area contributed by atoms with Crippen molar-refractivity contribution in [2.45, 2.75) is 58.8 Å². The summed E-state index contributed by atoms with van der Waals surface area (Å²) in [5.41, 5.74) is 2.03. The van der Waals surface area contributed by atoms with Gasteiger partial charge >= 0.3 is 0 Å². The van der Waals surface area contributed by atoms with Crippen LogP contribution < -0.4 is 0 Å². The smallest absolute Gasteiger partial charge is 0.155 e. The van der Waals surface area contributed by atoms with Crippen LogP contribution in [0.4, 0.5) is 0 Å². The molecule has 0 N–H and O–H groups in total. The average Bonchev–Trinajstić information content (AvgIpc) is 2.81. The van der Waals surface area contributed by atoms with E-state index >= 15 is 0 Å².